The summed E-state index contributed by atoms with van der Waals surface area (Å²) < 4.78 is 19.2. The molecule has 0 aliphatic carbocycles. The Kier molecular flexibility index (Phi) is 7.32. The number of benzene rings is 2. The predicted molar refractivity (Wildman–Crippen MR) is 122 cm³/mol. The molecule has 1 aromatic heterocycles. The average Bonchev–Trinajstić information content (AvgIpc) is 3.10. The van der Waals surface area contributed by atoms with E-state index in [1.807, 2.05) is 54.2 Å². The molecule has 170 valence electrons. The maximum Gasteiger partial charge on any atom is 0.146 e. The highest BCUT2D eigenvalue weighted by Crippen LogP contribution is 2.21. The molecule has 1 saturated heterocycles. The first-order chi connectivity index (χ1) is 15.5. The number of halogens is 1. The molecule has 7 nitrogen and oxygen atoms in total. The van der Waals surface area contributed by atoms with Crippen molar-refractivity contribution < 1.29 is 19.3 Å². The van der Waals surface area contributed by atoms with E-state index in [2.05, 4.69) is 9.88 Å². The number of hydrogen-bond donors (Lipinski definition) is 1. The number of β-amino-alcohol motifs (C(OH)–C–C–N with tert-alkyl or cyclic N) is 1. The zero-order chi connectivity index (χ0) is 22.4. The van der Waals surface area contributed by atoms with Crippen LogP contribution in [0.3, 0.4) is 0 Å². The minimum absolute atomic E-state index is 0.129. The molecule has 32 heavy (non-hydrogen) atoms. The van der Waals surface area contributed by atoms with Gasteiger partial charge in [-0.1, -0.05) is 29.8 Å². The number of hydrogen-bond acceptors (Lipinski definition) is 6. The molecule has 1 aliphatic rings. The number of ether oxygens (including phenoxy) is 3. The van der Waals surface area contributed by atoms with E-state index >= 15 is 0 Å². The minimum atomic E-state index is -1.11. The number of aryl methyl sites for hydroxylation is 1. The van der Waals surface area contributed by atoms with Crippen LogP contribution >= 0.6 is 11.6 Å². The second-order valence-electron chi connectivity index (χ2n) is 8.12. The molecule has 0 bridgehead atoms. The number of nitrogens with zero attached hydrogens (tertiary/aromatic N) is 3. The molecule has 1 atom stereocenters. The molecule has 3 aromatic rings. The van der Waals surface area contributed by atoms with Crippen LogP contribution in [0.4, 0.5) is 0 Å². The third-order valence-corrected chi connectivity index (χ3v) is 5.60. The summed E-state index contributed by atoms with van der Waals surface area (Å²) in [6, 6.07) is 15.2. The fraction of sp³-hybridized carbons (Fsp3) is 0.375. The Balaban J connectivity index is 1.32. The minimum Gasteiger partial charge on any atom is -0.490 e. The van der Waals surface area contributed by atoms with E-state index in [4.69, 9.17) is 25.8 Å². The number of aromatic nitrogens is 2. The van der Waals surface area contributed by atoms with E-state index in [1.165, 1.54) is 0 Å². The third-order valence-electron chi connectivity index (χ3n) is 5.36. The van der Waals surface area contributed by atoms with Gasteiger partial charge in [0, 0.05) is 44.1 Å². The van der Waals surface area contributed by atoms with Gasteiger partial charge < -0.3 is 23.9 Å². The Labute approximate surface area is 193 Å². The van der Waals surface area contributed by atoms with Gasteiger partial charge in [0.1, 0.15) is 36.1 Å². The summed E-state index contributed by atoms with van der Waals surface area (Å²) >= 11 is 6.02. The van der Waals surface area contributed by atoms with Crippen molar-refractivity contribution >= 4 is 11.6 Å². The fourth-order valence-corrected chi connectivity index (χ4v) is 3.81. The molecule has 0 amide bonds. The summed E-state index contributed by atoms with van der Waals surface area (Å²) in [4.78, 5) is 6.44. The molecule has 4 rings (SSSR count). The quantitative estimate of drug-likeness (QED) is 0.559. The molecule has 0 saturated carbocycles. The lowest BCUT2D eigenvalue weighted by molar-refractivity contribution is -0.0646. The molecule has 0 spiro atoms. The first kappa shape index (κ1) is 22.6. The number of rotatable bonds is 8. The zero-order valence-corrected chi connectivity index (χ0v) is 18.9. The monoisotopic (exact) mass is 457 g/mol. The van der Waals surface area contributed by atoms with Gasteiger partial charge in [0.25, 0.3) is 0 Å². The van der Waals surface area contributed by atoms with Gasteiger partial charge in [-0.25, -0.2) is 4.98 Å². The van der Waals surface area contributed by atoms with Gasteiger partial charge >= 0.3 is 0 Å². The van der Waals surface area contributed by atoms with Crippen LogP contribution in [0.15, 0.2) is 60.9 Å². The lowest BCUT2D eigenvalue weighted by Gasteiger charge is -2.30. The Morgan fingerprint density at radius 3 is 2.75 bits per heavy atom. The van der Waals surface area contributed by atoms with Gasteiger partial charge in [-0.3, -0.25) is 4.90 Å². The van der Waals surface area contributed by atoms with Crippen LogP contribution in [0.5, 0.6) is 11.5 Å². The van der Waals surface area contributed by atoms with Gasteiger partial charge in [0.05, 0.1) is 13.2 Å². The van der Waals surface area contributed by atoms with Crippen molar-refractivity contribution in [3.63, 3.8) is 0 Å². The molecule has 8 heteroatoms. The smallest absolute Gasteiger partial charge is 0.146 e. The molecule has 2 aromatic carbocycles. The number of imidazole rings is 1. The van der Waals surface area contributed by atoms with Crippen molar-refractivity contribution in [2.24, 2.45) is 7.05 Å². The maximum atomic E-state index is 11.1. The lowest BCUT2D eigenvalue weighted by Crippen LogP contribution is -2.48. The summed E-state index contributed by atoms with van der Waals surface area (Å²) in [5.41, 5.74) is 0.0265. The summed E-state index contributed by atoms with van der Waals surface area (Å²) in [7, 11) is 1.95. The molecule has 1 aliphatic heterocycles. The second-order valence-corrected chi connectivity index (χ2v) is 8.56. The Hall–Kier alpha value is -2.58. The van der Waals surface area contributed by atoms with Crippen LogP contribution in [-0.4, -0.2) is 58.1 Å². The second kappa shape index (κ2) is 10.4. The average molecular weight is 458 g/mol. The first-order valence-corrected chi connectivity index (χ1v) is 11.0. The molecular formula is C24H28ClN3O4. The molecule has 1 N–H and O–H groups in total. The van der Waals surface area contributed by atoms with E-state index < -0.39 is 5.60 Å². The first-order valence-electron chi connectivity index (χ1n) is 10.6. The third kappa shape index (κ3) is 6.23. The highest BCUT2D eigenvalue weighted by atomic mass is 35.5. The van der Waals surface area contributed by atoms with E-state index in [0.29, 0.717) is 37.1 Å². The van der Waals surface area contributed by atoms with Crippen molar-refractivity contribution in [3.05, 3.63) is 77.3 Å². The van der Waals surface area contributed by atoms with Crippen LogP contribution in [0, 0.1) is 0 Å². The predicted octanol–water partition coefficient (Wildman–Crippen LogP) is 3.29. The molecule has 1 fully saturated rings. The van der Waals surface area contributed by atoms with Gasteiger partial charge in [-0.05, 0) is 35.9 Å². The standard InChI is InChI=1S/C24H28ClN3O4/c1-27-10-9-26-23(27)15-31-21-7-5-19(6-8-21)14-28-11-12-30-17-24(29,16-28)18-32-22-4-2-3-20(25)13-22/h2-10,13,29H,11-12,14-18H2,1H3. The van der Waals surface area contributed by atoms with Gasteiger partial charge in [0.2, 0.25) is 0 Å². The lowest BCUT2D eigenvalue weighted by atomic mass is 10.1. The Morgan fingerprint density at radius 1 is 1.16 bits per heavy atom. The van der Waals surface area contributed by atoms with E-state index in [1.54, 1.807) is 18.3 Å². The molecule has 2 heterocycles. The van der Waals surface area contributed by atoms with Crippen molar-refractivity contribution in [3.8, 4) is 11.5 Å². The Morgan fingerprint density at radius 2 is 2.00 bits per heavy atom. The summed E-state index contributed by atoms with van der Waals surface area (Å²) in [6.07, 6.45) is 3.65. The van der Waals surface area contributed by atoms with Crippen LogP contribution in [0.25, 0.3) is 0 Å². The van der Waals surface area contributed by atoms with Crippen LogP contribution in [0.1, 0.15) is 11.4 Å². The number of aliphatic hydroxyl groups is 1. The molecule has 1 unspecified atom stereocenters. The molecule has 0 radical (unpaired) electrons. The van der Waals surface area contributed by atoms with E-state index in [-0.39, 0.29) is 13.2 Å². The van der Waals surface area contributed by atoms with E-state index in [9.17, 15) is 5.11 Å². The van der Waals surface area contributed by atoms with Crippen LogP contribution < -0.4 is 9.47 Å². The normalized spacial score (nSPS) is 19.5. The summed E-state index contributed by atoms with van der Waals surface area (Å²) in [5, 5.41) is 11.7. The molecular weight excluding hydrogens is 430 g/mol. The van der Waals surface area contributed by atoms with Crippen molar-refractivity contribution in [2.45, 2.75) is 18.8 Å². The zero-order valence-electron chi connectivity index (χ0n) is 18.1. The van der Waals surface area contributed by atoms with Gasteiger partial charge in [-0.15, -0.1) is 0 Å². The van der Waals surface area contributed by atoms with Gasteiger partial charge in [0.15, 0.2) is 0 Å². The largest absolute Gasteiger partial charge is 0.490 e. The fourth-order valence-electron chi connectivity index (χ4n) is 3.63. The van der Waals surface area contributed by atoms with Crippen LogP contribution in [0.2, 0.25) is 5.02 Å². The van der Waals surface area contributed by atoms with Crippen molar-refractivity contribution in [1.82, 2.24) is 14.5 Å². The summed E-state index contributed by atoms with van der Waals surface area (Å²) in [5.74, 6) is 2.29. The SMILES string of the molecule is Cn1ccnc1COc1ccc(CN2CCOCC(O)(COc3cccc(Cl)c3)C2)cc1. The Bertz CT molecular complexity index is 1010. The summed E-state index contributed by atoms with van der Waals surface area (Å²) in [6.45, 7) is 3.22. The maximum absolute atomic E-state index is 11.1. The van der Waals surface area contributed by atoms with E-state index in [0.717, 1.165) is 23.7 Å². The van der Waals surface area contributed by atoms with Crippen molar-refractivity contribution in [2.75, 3.05) is 32.9 Å². The van der Waals surface area contributed by atoms with Gasteiger partial charge in [-0.2, -0.15) is 0 Å². The topological polar surface area (TPSA) is 69.0 Å². The van der Waals surface area contributed by atoms with Crippen LogP contribution in [-0.2, 0) is 24.9 Å². The van der Waals surface area contributed by atoms with Crippen molar-refractivity contribution in [1.29, 1.82) is 0 Å². The highest BCUT2D eigenvalue weighted by Gasteiger charge is 2.33. The highest BCUT2D eigenvalue weighted by molar-refractivity contribution is 6.30.